The van der Waals surface area contributed by atoms with E-state index in [-0.39, 0.29) is 0 Å². The van der Waals surface area contributed by atoms with E-state index in [4.69, 9.17) is 0 Å². The van der Waals surface area contributed by atoms with E-state index >= 15 is 0 Å². The molecule has 106 valence electrons. The minimum absolute atomic E-state index is 0.612. The lowest BCUT2D eigenvalue weighted by Crippen LogP contribution is -2.43. The van der Waals surface area contributed by atoms with Crippen LogP contribution in [0.3, 0.4) is 0 Å². The number of piperidine rings is 1. The smallest absolute Gasteiger partial charge is 0.191 e. The summed E-state index contributed by atoms with van der Waals surface area (Å²) in [5.74, 6) is 2.34. The van der Waals surface area contributed by atoms with E-state index < -0.39 is 0 Å². The van der Waals surface area contributed by atoms with Crippen LogP contribution in [-0.4, -0.2) is 50.6 Å². The first-order valence-corrected chi connectivity index (χ1v) is 7.32. The van der Waals surface area contributed by atoms with Crippen LogP contribution in [0.2, 0.25) is 0 Å². The first kappa shape index (κ1) is 15.3. The Morgan fingerprint density at radius 3 is 2.78 bits per heavy atom. The van der Waals surface area contributed by atoms with Gasteiger partial charge >= 0.3 is 0 Å². The van der Waals surface area contributed by atoms with Gasteiger partial charge in [-0.1, -0.05) is 13.8 Å². The third-order valence-corrected chi connectivity index (χ3v) is 3.24. The molecule has 1 aliphatic rings. The third kappa shape index (κ3) is 6.24. The lowest BCUT2D eigenvalue weighted by Gasteiger charge is -2.30. The van der Waals surface area contributed by atoms with E-state index in [9.17, 15) is 0 Å². The third-order valence-electron chi connectivity index (χ3n) is 3.24. The second kappa shape index (κ2) is 8.35. The molecule has 0 aromatic carbocycles. The molecule has 4 nitrogen and oxygen atoms in total. The molecule has 0 aromatic heterocycles. The normalized spacial score (nSPS) is 22.3. The molecule has 1 heterocycles. The van der Waals surface area contributed by atoms with Crippen LogP contribution in [0.25, 0.3) is 0 Å². The van der Waals surface area contributed by atoms with Gasteiger partial charge in [0.05, 0.1) is 0 Å². The summed E-state index contributed by atoms with van der Waals surface area (Å²) in [5, 5.41) is 6.79. The summed E-state index contributed by atoms with van der Waals surface area (Å²) >= 11 is 0. The Morgan fingerprint density at radius 1 is 1.39 bits per heavy atom. The van der Waals surface area contributed by atoms with Gasteiger partial charge in [0.1, 0.15) is 0 Å². The van der Waals surface area contributed by atoms with E-state index in [0.717, 1.165) is 31.5 Å². The number of nitrogens with one attached hydrogen (secondary N) is 2. The Kier molecular flexibility index (Phi) is 7.09. The Morgan fingerprint density at radius 2 is 2.17 bits per heavy atom. The first-order valence-electron chi connectivity index (χ1n) is 7.32. The summed E-state index contributed by atoms with van der Waals surface area (Å²) in [7, 11) is 2.21. The van der Waals surface area contributed by atoms with Crippen LogP contribution >= 0.6 is 0 Å². The molecule has 18 heavy (non-hydrogen) atoms. The van der Waals surface area contributed by atoms with Gasteiger partial charge in [-0.15, -0.1) is 0 Å². The molecule has 1 rings (SSSR count). The van der Waals surface area contributed by atoms with Crippen molar-refractivity contribution in [2.24, 2.45) is 16.8 Å². The van der Waals surface area contributed by atoms with Crippen molar-refractivity contribution < 1.29 is 0 Å². The predicted molar refractivity (Wildman–Crippen MR) is 79.0 cm³/mol. The fourth-order valence-electron chi connectivity index (χ4n) is 2.30. The summed E-state index contributed by atoms with van der Waals surface area (Å²) in [4.78, 5) is 7.02. The van der Waals surface area contributed by atoms with Crippen LogP contribution in [0.1, 0.15) is 33.6 Å². The van der Waals surface area contributed by atoms with Gasteiger partial charge in [0.2, 0.25) is 0 Å². The largest absolute Gasteiger partial charge is 0.357 e. The Balaban J connectivity index is 2.34. The molecule has 1 unspecified atom stereocenters. The zero-order chi connectivity index (χ0) is 13.4. The zero-order valence-electron chi connectivity index (χ0n) is 12.5. The lowest BCUT2D eigenvalue weighted by molar-refractivity contribution is 0.210. The van der Waals surface area contributed by atoms with Gasteiger partial charge in [-0.25, -0.2) is 0 Å². The molecule has 0 aliphatic carbocycles. The summed E-state index contributed by atoms with van der Waals surface area (Å²) in [6.45, 7) is 11.8. The molecule has 1 saturated heterocycles. The topological polar surface area (TPSA) is 39.7 Å². The molecule has 4 heteroatoms. The minimum Gasteiger partial charge on any atom is -0.357 e. The molecular weight excluding hydrogens is 224 g/mol. The van der Waals surface area contributed by atoms with E-state index in [1.165, 1.54) is 25.9 Å². The average molecular weight is 254 g/mol. The van der Waals surface area contributed by atoms with Crippen molar-refractivity contribution in [3.63, 3.8) is 0 Å². The maximum Gasteiger partial charge on any atom is 0.191 e. The fourth-order valence-corrected chi connectivity index (χ4v) is 2.30. The van der Waals surface area contributed by atoms with Gasteiger partial charge in [-0.05, 0) is 45.2 Å². The van der Waals surface area contributed by atoms with Gasteiger partial charge < -0.3 is 15.5 Å². The van der Waals surface area contributed by atoms with E-state index in [0.29, 0.717) is 5.92 Å². The number of nitrogens with zero attached hydrogens (tertiary/aromatic N) is 2. The van der Waals surface area contributed by atoms with Crippen molar-refractivity contribution in [3.05, 3.63) is 0 Å². The summed E-state index contributed by atoms with van der Waals surface area (Å²) in [6, 6.07) is 0. The second-order valence-electron chi connectivity index (χ2n) is 5.76. The standard InChI is InChI=1S/C14H30N4/c1-5-15-14(16-9-12(2)3)17-10-13-7-6-8-18(4)11-13/h12-13H,5-11H2,1-4H3,(H2,15,16,17). The molecule has 1 atom stereocenters. The SMILES string of the molecule is CCNC(=NCC(C)C)NCC1CCCN(C)C1. The lowest BCUT2D eigenvalue weighted by atomic mass is 9.99. The fraction of sp³-hybridized carbons (Fsp3) is 0.929. The second-order valence-corrected chi connectivity index (χ2v) is 5.76. The van der Waals surface area contributed by atoms with E-state index in [1.807, 2.05) is 0 Å². The van der Waals surface area contributed by atoms with Crippen LogP contribution in [0.5, 0.6) is 0 Å². The molecule has 1 aliphatic heterocycles. The van der Waals surface area contributed by atoms with E-state index in [2.05, 4.69) is 48.3 Å². The van der Waals surface area contributed by atoms with Crippen LogP contribution < -0.4 is 10.6 Å². The highest BCUT2D eigenvalue weighted by molar-refractivity contribution is 5.79. The highest BCUT2D eigenvalue weighted by Gasteiger charge is 2.17. The molecule has 2 N–H and O–H groups in total. The van der Waals surface area contributed by atoms with Crippen molar-refractivity contribution in [3.8, 4) is 0 Å². The molecule has 0 amide bonds. The van der Waals surface area contributed by atoms with Gasteiger partial charge in [0.25, 0.3) is 0 Å². The van der Waals surface area contributed by atoms with Crippen molar-refractivity contribution >= 4 is 5.96 Å². The van der Waals surface area contributed by atoms with Gasteiger partial charge in [-0.3, -0.25) is 4.99 Å². The molecule has 0 radical (unpaired) electrons. The number of likely N-dealkylation sites (tertiary alicyclic amines) is 1. The number of hydrogen-bond acceptors (Lipinski definition) is 2. The van der Waals surface area contributed by atoms with Crippen LogP contribution in [0.15, 0.2) is 4.99 Å². The van der Waals surface area contributed by atoms with Crippen LogP contribution in [0, 0.1) is 11.8 Å². The Hall–Kier alpha value is -0.770. The molecule has 0 bridgehead atoms. The van der Waals surface area contributed by atoms with Crippen molar-refractivity contribution in [2.75, 3.05) is 39.8 Å². The van der Waals surface area contributed by atoms with Crippen molar-refractivity contribution in [2.45, 2.75) is 33.6 Å². The number of hydrogen-bond donors (Lipinski definition) is 2. The number of aliphatic imine (C=N–C) groups is 1. The monoisotopic (exact) mass is 254 g/mol. The summed E-state index contributed by atoms with van der Waals surface area (Å²) < 4.78 is 0. The van der Waals surface area contributed by atoms with Crippen LogP contribution in [0.4, 0.5) is 0 Å². The van der Waals surface area contributed by atoms with Gasteiger partial charge in [0, 0.05) is 26.2 Å². The first-order chi connectivity index (χ1) is 8.61. The molecule has 0 saturated carbocycles. The molecular formula is C14H30N4. The number of rotatable bonds is 5. The van der Waals surface area contributed by atoms with Crippen molar-refractivity contribution in [1.29, 1.82) is 0 Å². The highest BCUT2D eigenvalue weighted by atomic mass is 15.2. The summed E-state index contributed by atoms with van der Waals surface area (Å²) in [6.07, 6.45) is 2.66. The molecule has 0 spiro atoms. The Bertz CT molecular complexity index is 250. The maximum absolute atomic E-state index is 4.60. The van der Waals surface area contributed by atoms with Gasteiger partial charge in [0.15, 0.2) is 5.96 Å². The average Bonchev–Trinajstić information content (AvgIpc) is 2.32. The highest BCUT2D eigenvalue weighted by Crippen LogP contribution is 2.13. The molecule has 1 fully saturated rings. The summed E-state index contributed by atoms with van der Waals surface area (Å²) in [5.41, 5.74) is 0. The Labute approximate surface area is 112 Å². The van der Waals surface area contributed by atoms with Crippen LogP contribution in [-0.2, 0) is 0 Å². The maximum atomic E-state index is 4.60. The van der Waals surface area contributed by atoms with Gasteiger partial charge in [-0.2, -0.15) is 0 Å². The van der Waals surface area contributed by atoms with E-state index in [1.54, 1.807) is 0 Å². The number of guanidine groups is 1. The minimum atomic E-state index is 0.612. The quantitative estimate of drug-likeness (QED) is 0.577. The van der Waals surface area contributed by atoms with Crippen molar-refractivity contribution in [1.82, 2.24) is 15.5 Å². The molecule has 0 aromatic rings. The zero-order valence-corrected chi connectivity index (χ0v) is 12.5. The predicted octanol–water partition coefficient (Wildman–Crippen LogP) is 1.54.